The molecule has 5 heteroatoms. The van der Waals surface area contributed by atoms with Crippen molar-refractivity contribution in [2.45, 2.75) is 85.4 Å². The van der Waals surface area contributed by atoms with Gasteiger partial charge in [0.1, 0.15) is 17.3 Å². The monoisotopic (exact) mass is 1190 g/mol. The molecular weight excluding hydrogens is 1090 g/mol. The van der Waals surface area contributed by atoms with E-state index in [4.69, 9.17) is 28.9 Å². The zero-order chi connectivity index (χ0) is 80.2. The number of imidazole rings is 1. The topological polar surface area (TPSA) is 35.9 Å². The van der Waals surface area contributed by atoms with Gasteiger partial charge in [0.25, 0.3) is 6.33 Å². The Kier molecular flexibility index (Phi) is 9.60. The maximum Gasteiger partial charge on any atom is 0.269 e. The maximum atomic E-state index is 10.5. The lowest BCUT2D eigenvalue weighted by atomic mass is 9.78. The van der Waals surface area contributed by atoms with Crippen LogP contribution in [-0.2, 0) is 16.2 Å². The standard InChI is InChI=1S/C85H74N4O/c1-56-44-81(86-54-76(56)60-28-18-13-19-29-60)89-77-35-21-20-32-74(77)75-42-41-71(53-79(75)89)90-70-31-22-30-69(52-70)87-55-88(78-43-38-61(50-80(78)87)59-36-39-66(40-37-59)83(2,3)4)82-72(33-23-34-73(82)65-48-67(84(5,6)7)51-68(49-65)85(8,9)10)64-46-62(57-24-14-11-15-25-57)45-63(47-64)58-26-16-12-17-27-58/h11-54H,1-10H3/i1D3,11D,12D,13D,14D,15D,16D,17D,18D,19D,24D,25D,26D,27D,28D,29D,45D,46D,47D. The summed E-state index contributed by atoms with van der Waals surface area (Å²) in [5.74, 6) is 0.854. The van der Waals surface area contributed by atoms with E-state index >= 15 is 0 Å². The fraction of sp³-hybridized carbons (Fsp3) is 0.153. The molecule has 0 aliphatic heterocycles. The predicted octanol–water partition coefficient (Wildman–Crippen LogP) is 22.2. The number of pyridine rings is 1. The van der Waals surface area contributed by atoms with Crippen LogP contribution in [0.25, 0.3) is 117 Å². The van der Waals surface area contributed by atoms with E-state index in [9.17, 15) is 9.60 Å². The SMILES string of the molecule is [2H]c1c([2H])c([2H])c(-c2cnc(-n3c4ccccc4c4ccc(Oc5cccc(-n6[c-][n+](-c7c(-c8cc(C(C)(C)C)cc(C(C)(C)C)c8)cccc7-c7c([2H])c(-c8c([2H])c([2H])c([2H])c([2H])c8[2H])c([2H])c(-c8c([2H])c([2H])c([2H])c([2H])c8[2H])c7[2H])c7ccc(-c8ccc(C(C)(C)C)cc8)cc76)c5)cc43)cc2C([2H])([2H])[2H])c([2H])c1[2H]. The molecule has 440 valence electrons. The smallest absolute Gasteiger partial charge is 0.269 e. The van der Waals surface area contributed by atoms with Crippen LogP contribution in [0, 0.1) is 13.2 Å². The van der Waals surface area contributed by atoms with Crippen LogP contribution in [0.2, 0.25) is 0 Å². The molecular formula is C85H74N4O. The van der Waals surface area contributed by atoms with Gasteiger partial charge in [-0.15, -0.1) is 0 Å². The largest absolute Gasteiger partial charge is 0.458 e. The molecule has 90 heavy (non-hydrogen) atoms. The number of ether oxygens (including phenoxy) is 1. The van der Waals surface area contributed by atoms with E-state index in [0.29, 0.717) is 56.1 Å². The van der Waals surface area contributed by atoms with E-state index in [0.717, 1.165) is 38.6 Å². The van der Waals surface area contributed by atoms with Crippen molar-refractivity contribution in [1.29, 1.82) is 0 Å². The number of aryl methyl sites for hydroxylation is 1. The second kappa shape index (κ2) is 22.7. The number of hydrogen-bond acceptors (Lipinski definition) is 2. The van der Waals surface area contributed by atoms with Gasteiger partial charge in [-0.05, 0) is 173 Å². The van der Waals surface area contributed by atoms with Gasteiger partial charge in [0.05, 0.1) is 58.1 Å². The molecule has 0 radical (unpaired) electrons. The first kappa shape index (κ1) is 38.1. The van der Waals surface area contributed by atoms with Gasteiger partial charge in [-0.25, -0.2) is 4.98 Å². The lowest BCUT2D eigenvalue weighted by molar-refractivity contribution is -0.571. The number of para-hydroxylation sites is 2. The Balaban J connectivity index is 1.03. The van der Waals surface area contributed by atoms with E-state index in [1.807, 2.05) is 77.4 Å². The Morgan fingerprint density at radius 2 is 1.01 bits per heavy atom. The molecule has 0 bridgehead atoms. The van der Waals surface area contributed by atoms with E-state index in [2.05, 4.69) is 111 Å². The third kappa shape index (κ3) is 11.0. The van der Waals surface area contributed by atoms with Gasteiger partial charge >= 0.3 is 0 Å². The molecule has 0 unspecified atom stereocenters. The number of fused-ring (bicyclic) bond motifs is 4. The molecule has 5 nitrogen and oxygen atoms in total. The highest BCUT2D eigenvalue weighted by Gasteiger charge is 2.26. The molecule has 0 saturated carbocycles. The first-order valence-corrected chi connectivity index (χ1v) is 29.7. The van der Waals surface area contributed by atoms with Crippen molar-refractivity contribution >= 4 is 32.8 Å². The molecule has 0 fully saturated rings. The van der Waals surface area contributed by atoms with Crippen molar-refractivity contribution in [1.82, 2.24) is 14.1 Å². The third-order valence-electron chi connectivity index (χ3n) is 16.3. The normalized spacial score (nSPS) is 15.5. The van der Waals surface area contributed by atoms with E-state index in [1.165, 1.54) is 12.3 Å². The van der Waals surface area contributed by atoms with E-state index in [1.54, 1.807) is 39.5 Å². The summed E-state index contributed by atoms with van der Waals surface area (Å²) in [6.45, 7) is 16.2. The third-order valence-corrected chi connectivity index (χ3v) is 16.3. The number of nitrogens with zero attached hydrogens (tertiary/aromatic N) is 4. The number of benzene rings is 11. The van der Waals surface area contributed by atoms with Gasteiger partial charge < -0.3 is 4.74 Å². The van der Waals surface area contributed by atoms with Crippen molar-refractivity contribution in [2.24, 2.45) is 0 Å². The van der Waals surface area contributed by atoms with Crippen LogP contribution in [-0.4, -0.2) is 14.1 Å². The minimum atomic E-state index is -2.85. The highest BCUT2D eigenvalue weighted by atomic mass is 16.5. The average molecular weight is 1190 g/mol. The Labute approximate surface area is 559 Å². The molecule has 3 heterocycles. The summed E-state index contributed by atoms with van der Waals surface area (Å²) in [5.41, 5.74) is 4.89. The van der Waals surface area contributed by atoms with Gasteiger partial charge in [0.15, 0.2) is 0 Å². The molecule has 3 aromatic heterocycles. The average Bonchev–Trinajstić information content (AvgIpc) is 1.50. The summed E-state index contributed by atoms with van der Waals surface area (Å²) < 4.78 is 202. The molecule has 0 N–H and O–H groups in total. The number of aromatic nitrogens is 4. The Hall–Kier alpha value is -10.4. The molecule has 0 aliphatic rings. The lowest BCUT2D eigenvalue weighted by Gasteiger charge is -2.27. The predicted molar refractivity (Wildman–Crippen MR) is 376 cm³/mol. The highest BCUT2D eigenvalue weighted by molar-refractivity contribution is 6.09. The van der Waals surface area contributed by atoms with Gasteiger partial charge in [0.2, 0.25) is 0 Å². The van der Waals surface area contributed by atoms with Gasteiger partial charge in [-0.2, -0.15) is 0 Å². The van der Waals surface area contributed by atoms with E-state index < -0.39 is 149 Å². The van der Waals surface area contributed by atoms with E-state index in [-0.39, 0.29) is 39.1 Å². The molecule has 14 rings (SSSR count). The van der Waals surface area contributed by atoms with Crippen molar-refractivity contribution in [2.75, 3.05) is 0 Å². The Bertz CT molecular complexity index is 6060. The second-order valence-corrected chi connectivity index (χ2v) is 25.5. The van der Waals surface area contributed by atoms with Crippen LogP contribution in [0.15, 0.2) is 267 Å². The Morgan fingerprint density at radius 3 is 1.66 bits per heavy atom. The molecule has 14 aromatic rings. The van der Waals surface area contributed by atoms with Crippen LogP contribution in [0.3, 0.4) is 0 Å². The maximum absolute atomic E-state index is 10.5. The molecule has 11 aromatic carbocycles. The van der Waals surface area contributed by atoms with Crippen molar-refractivity contribution < 1.29 is 38.1 Å². The van der Waals surface area contributed by atoms with Crippen molar-refractivity contribution in [3.05, 3.63) is 295 Å². The molecule has 0 spiro atoms. The zero-order valence-corrected chi connectivity index (χ0v) is 51.2. The minimum absolute atomic E-state index is 0.116. The number of hydrogen-bond donors (Lipinski definition) is 0. The fourth-order valence-electron chi connectivity index (χ4n) is 11.5. The van der Waals surface area contributed by atoms with Crippen LogP contribution >= 0.6 is 0 Å². The van der Waals surface area contributed by atoms with Crippen LogP contribution in [0.5, 0.6) is 11.5 Å². The number of rotatable bonds is 11. The summed E-state index contributed by atoms with van der Waals surface area (Å²) in [7, 11) is 0. The van der Waals surface area contributed by atoms with Gasteiger partial charge in [-0.1, -0.05) is 250 Å². The Morgan fingerprint density at radius 1 is 0.433 bits per heavy atom. The molecule has 0 amide bonds. The lowest BCUT2D eigenvalue weighted by Crippen LogP contribution is -2.31. The first-order chi connectivity index (χ1) is 52.1. The molecule has 0 atom stereocenters. The summed E-state index contributed by atoms with van der Waals surface area (Å²) in [5, 5.41) is 1.54. The summed E-state index contributed by atoms with van der Waals surface area (Å²) in [6.07, 6.45) is 4.95. The molecule has 0 aliphatic carbocycles. The van der Waals surface area contributed by atoms with Crippen LogP contribution in [0.4, 0.5) is 0 Å². The first-order valence-electron chi connectivity index (χ1n) is 40.2. The highest BCUT2D eigenvalue weighted by Crippen LogP contribution is 2.43. The van der Waals surface area contributed by atoms with Gasteiger partial charge in [0, 0.05) is 32.7 Å². The van der Waals surface area contributed by atoms with Crippen LogP contribution in [0.1, 0.15) is 113 Å². The summed E-state index contributed by atoms with van der Waals surface area (Å²) >= 11 is 0. The quantitative estimate of drug-likeness (QED) is 0.0956. The van der Waals surface area contributed by atoms with Crippen molar-refractivity contribution in [3.8, 4) is 95.5 Å². The molecule has 0 saturated heterocycles. The summed E-state index contributed by atoms with van der Waals surface area (Å²) in [4.78, 5) is 4.77. The summed E-state index contributed by atoms with van der Waals surface area (Å²) in [6, 6.07) is 34.6. The second-order valence-electron chi connectivity index (χ2n) is 25.5. The minimum Gasteiger partial charge on any atom is -0.458 e. The van der Waals surface area contributed by atoms with Crippen molar-refractivity contribution in [3.63, 3.8) is 0 Å². The zero-order valence-electron chi connectivity index (χ0n) is 72.2. The van der Waals surface area contributed by atoms with Gasteiger partial charge in [-0.3, -0.25) is 13.7 Å². The fourth-order valence-corrected chi connectivity index (χ4v) is 11.5. The van der Waals surface area contributed by atoms with Crippen LogP contribution < -0.4 is 9.30 Å².